The Labute approximate surface area is 155 Å². The number of carbonyl (C=O) groups is 1. The van der Waals surface area contributed by atoms with Gasteiger partial charge in [0.25, 0.3) is 6.02 Å². The molecule has 0 fully saturated rings. The number of benzene rings is 1. The normalized spacial score (nSPS) is 18.6. The zero-order chi connectivity index (χ0) is 19.4. The highest BCUT2D eigenvalue weighted by molar-refractivity contribution is 5.95. The number of Topliss-reactive ketones (excluding diaryl/α,β-unsaturated/α-hetero) is 1. The van der Waals surface area contributed by atoms with Gasteiger partial charge in [-0.15, -0.1) is 6.42 Å². The molecule has 0 saturated carbocycles. The molecular weight excluding hydrogens is 347 g/mol. The maximum absolute atomic E-state index is 14.5. The van der Waals surface area contributed by atoms with Crippen LogP contribution in [0.4, 0.5) is 4.39 Å². The maximum Gasteiger partial charge on any atom is 0.283 e. The molecule has 2 heterocycles. The van der Waals surface area contributed by atoms with Gasteiger partial charge in [0.15, 0.2) is 11.3 Å². The van der Waals surface area contributed by atoms with E-state index in [1.54, 1.807) is 0 Å². The fourth-order valence-electron chi connectivity index (χ4n) is 2.86. The molecule has 2 aromatic rings. The molecule has 7 heteroatoms. The Morgan fingerprint density at radius 1 is 1.41 bits per heavy atom. The summed E-state index contributed by atoms with van der Waals surface area (Å²) in [6.07, 6.45) is 7.24. The highest BCUT2D eigenvalue weighted by Gasteiger charge is 2.36. The number of pyridine rings is 1. The van der Waals surface area contributed by atoms with E-state index >= 15 is 0 Å². The number of nitriles is 1. The Morgan fingerprint density at radius 3 is 2.85 bits per heavy atom. The molecule has 0 unspecified atom stereocenters. The van der Waals surface area contributed by atoms with Crippen molar-refractivity contribution in [3.05, 3.63) is 64.7 Å². The van der Waals surface area contributed by atoms with Gasteiger partial charge < -0.3 is 10.5 Å². The van der Waals surface area contributed by atoms with Crippen molar-refractivity contribution in [2.24, 2.45) is 10.7 Å². The SMILES string of the molecule is C#C[C@@]1(c2cc(CC(=O)c3ccc(C#N)cn3)ccc2F)CCOC(N)=N1. The first-order chi connectivity index (χ1) is 13.0. The van der Waals surface area contributed by atoms with E-state index in [2.05, 4.69) is 15.9 Å². The number of nitrogens with zero attached hydrogens (tertiary/aromatic N) is 3. The number of aliphatic imine (C=N–C) groups is 1. The molecule has 134 valence electrons. The zero-order valence-corrected chi connectivity index (χ0v) is 14.3. The Hall–Kier alpha value is -3.71. The molecule has 1 aliphatic heterocycles. The first-order valence-corrected chi connectivity index (χ1v) is 8.11. The summed E-state index contributed by atoms with van der Waals surface area (Å²) in [7, 11) is 0. The number of rotatable bonds is 4. The van der Waals surface area contributed by atoms with Gasteiger partial charge in [0, 0.05) is 24.6 Å². The smallest absolute Gasteiger partial charge is 0.283 e. The molecule has 0 saturated heterocycles. The molecule has 1 aromatic carbocycles. The Balaban J connectivity index is 1.91. The largest absolute Gasteiger partial charge is 0.465 e. The monoisotopic (exact) mass is 362 g/mol. The van der Waals surface area contributed by atoms with E-state index in [1.165, 1.54) is 36.5 Å². The lowest BCUT2D eigenvalue weighted by atomic mass is 9.85. The second-order valence-electron chi connectivity index (χ2n) is 6.01. The first-order valence-electron chi connectivity index (χ1n) is 8.11. The summed E-state index contributed by atoms with van der Waals surface area (Å²) in [6, 6.07) is 9.14. The van der Waals surface area contributed by atoms with Crippen molar-refractivity contribution in [1.82, 2.24) is 4.98 Å². The number of halogens is 1. The third-order valence-corrected chi connectivity index (χ3v) is 4.27. The third-order valence-electron chi connectivity index (χ3n) is 4.27. The summed E-state index contributed by atoms with van der Waals surface area (Å²) < 4.78 is 19.6. The van der Waals surface area contributed by atoms with Crippen molar-refractivity contribution in [3.63, 3.8) is 0 Å². The predicted octanol–water partition coefficient (Wildman–Crippen LogP) is 2.08. The Kier molecular flexibility index (Phi) is 4.87. The Bertz CT molecular complexity index is 1000. The summed E-state index contributed by atoms with van der Waals surface area (Å²) in [4.78, 5) is 20.6. The van der Waals surface area contributed by atoms with Gasteiger partial charge >= 0.3 is 0 Å². The predicted molar refractivity (Wildman–Crippen MR) is 96.1 cm³/mol. The van der Waals surface area contributed by atoms with Gasteiger partial charge in [-0.2, -0.15) is 5.26 Å². The fourth-order valence-corrected chi connectivity index (χ4v) is 2.86. The van der Waals surface area contributed by atoms with Crippen molar-refractivity contribution in [2.45, 2.75) is 18.4 Å². The van der Waals surface area contributed by atoms with E-state index < -0.39 is 11.4 Å². The van der Waals surface area contributed by atoms with Crippen LogP contribution in [0.25, 0.3) is 0 Å². The summed E-state index contributed by atoms with van der Waals surface area (Å²) in [5, 5.41) is 8.79. The molecule has 0 amide bonds. The van der Waals surface area contributed by atoms with E-state index in [4.69, 9.17) is 22.2 Å². The van der Waals surface area contributed by atoms with Crippen LogP contribution in [-0.4, -0.2) is 23.4 Å². The summed E-state index contributed by atoms with van der Waals surface area (Å²) in [5.74, 6) is 1.72. The molecule has 0 spiro atoms. The van der Waals surface area contributed by atoms with Crippen LogP contribution in [0.3, 0.4) is 0 Å². The van der Waals surface area contributed by atoms with Crippen LogP contribution in [0, 0.1) is 29.5 Å². The molecule has 1 aromatic heterocycles. The molecule has 27 heavy (non-hydrogen) atoms. The van der Waals surface area contributed by atoms with Crippen LogP contribution in [-0.2, 0) is 16.7 Å². The molecule has 0 radical (unpaired) electrons. The van der Waals surface area contributed by atoms with E-state index in [9.17, 15) is 9.18 Å². The maximum atomic E-state index is 14.5. The molecule has 0 bridgehead atoms. The van der Waals surface area contributed by atoms with Crippen molar-refractivity contribution in [2.75, 3.05) is 6.61 Å². The lowest BCUT2D eigenvalue weighted by Gasteiger charge is -2.29. The third kappa shape index (κ3) is 3.63. The molecule has 6 nitrogen and oxygen atoms in total. The minimum atomic E-state index is -1.27. The van der Waals surface area contributed by atoms with Gasteiger partial charge in [0.1, 0.15) is 17.6 Å². The van der Waals surface area contributed by atoms with E-state index in [-0.39, 0.29) is 42.5 Å². The van der Waals surface area contributed by atoms with Crippen LogP contribution in [0.15, 0.2) is 41.5 Å². The number of aromatic nitrogens is 1. The number of amidine groups is 1. The van der Waals surface area contributed by atoms with Gasteiger partial charge in [-0.05, 0) is 29.8 Å². The second-order valence-corrected chi connectivity index (χ2v) is 6.01. The van der Waals surface area contributed by atoms with Gasteiger partial charge in [0.05, 0.1) is 12.2 Å². The molecule has 3 rings (SSSR count). The lowest BCUT2D eigenvalue weighted by molar-refractivity contribution is 0.0988. The minimum absolute atomic E-state index is 0.00251. The van der Waals surface area contributed by atoms with Crippen LogP contribution >= 0.6 is 0 Å². The quantitative estimate of drug-likeness (QED) is 0.663. The average molecular weight is 362 g/mol. The Morgan fingerprint density at radius 2 is 2.22 bits per heavy atom. The van der Waals surface area contributed by atoms with E-state index in [0.717, 1.165) is 0 Å². The van der Waals surface area contributed by atoms with Gasteiger partial charge in [-0.1, -0.05) is 12.0 Å². The summed E-state index contributed by atoms with van der Waals surface area (Å²) in [6.45, 7) is 0.220. The molecule has 1 atom stereocenters. The van der Waals surface area contributed by atoms with Gasteiger partial charge in [-0.3, -0.25) is 9.78 Å². The number of terminal acetylenes is 1. The van der Waals surface area contributed by atoms with Crippen molar-refractivity contribution in [1.29, 1.82) is 5.26 Å². The molecule has 2 N–H and O–H groups in total. The number of ether oxygens (including phenoxy) is 1. The van der Waals surface area contributed by atoms with Crippen LogP contribution in [0.1, 0.15) is 33.6 Å². The minimum Gasteiger partial charge on any atom is -0.465 e. The zero-order valence-electron chi connectivity index (χ0n) is 14.3. The van der Waals surface area contributed by atoms with Crippen LogP contribution < -0.4 is 5.73 Å². The van der Waals surface area contributed by atoms with E-state index in [1.807, 2.05) is 6.07 Å². The second kappa shape index (κ2) is 7.27. The topological polar surface area (TPSA) is 101 Å². The fraction of sp³-hybridized carbons (Fsp3) is 0.200. The van der Waals surface area contributed by atoms with Crippen molar-refractivity contribution >= 4 is 11.8 Å². The number of hydrogen-bond donors (Lipinski definition) is 1. The van der Waals surface area contributed by atoms with Gasteiger partial charge in [0.2, 0.25) is 0 Å². The van der Waals surface area contributed by atoms with E-state index in [0.29, 0.717) is 11.1 Å². The number of hydrogen-bond acceptors (Lipinski definition) is 6. The first kappa shape index (κ1) is 18.1. The van der Waals surface area contributed by atoms with Crippen molar-refractivity contribution < 1.29 is 13.9 Å². The van der Waals surface area contributed by atoms with Crippen LogP contribution in [0.5, 0.6) is 0 Å². The average Bonchev–Trinajstić information content (AvgIpc) is 2.69. The highest BCUT2D eigenvalue weighted by Crippen LogP contribution is 2.34. The van der Waals surface area contributed by atoms with Crippen LogP contribution in [0.2, 0.25) is 0 Å². The summed E-state index contributed by atoms with van der Waals surface area (Å²) in [5.41, 5.74) is 5.68. The summed E-state index contributed by atoms with van der Waals surface area (Å²) >= 11 is 0. The molecule has 1 aliphatic rings. The number of nitrogens with two attached hydrogens (primary N) is 1. The number of carbonyl (C=O) groups excluding carboxylic acids is 1. The lowest BCUT2D eigenvalue weighted by Crippen LogP contribution is -2.35. The highest BCUT2D eigenvalue weighted by atomic mass is 19.1. The standard InChI is InChI=1S/C20H15FN4O2/c1-2-20(7-8-27-19(23)25-20)15-9-13(3-5-16(15)21)10-18(26)17-6-4-14(11-22)12-24-17/h1,3-6,9,12H,7-8,10H2,(H2,23,25)/t20-/m0/s1. The number of ketones is 1. The molecule has 0 aliphatic carbocycles. The van der Waals surface area contributed by atoms with Gasteiger partial charge in [-0.25, -0.2) is 9.38 Å². The van der Waals surface area contributed by atoms with Crippen molar-refractivity contribution in [3.8, 4) is 18.4 Å². The molecular formula is C20H15FN4O2.